The van der Waals surface area contributed by atoms with Crippen molar-refractivity contribution in [3.05, 3.63) is 65.9 Å². The van der Waals surface area contributed by atoms with Gasteiger partial charge in [-0.05, 0) is 56.9 Å². The van der Waals surface area contributed by atoms with E-state index < -0.39 is 5.97 Å². The van der Waals surface area contributed by atoms with Gasteiger partial charge in [-0.25, -0.2) is 0 Å². The number of amides is 1. The van der Waals surface area contributed by atoms with E-state index in [4.69, 9.17) is 0 Å². The molecule has 1 amide bonds. The quantitative estimate of drug-likeness (QED) is 0.708. The number of nitrogens with zero attached hydrogens (tertiary/aromatic N) is 2. The summed E-state index contributed by atoms with van der Waals surface area (Å²) in [5.74, 6) is -0.803. The third-order valence-electron chi connectivity index (χ3n) is 5.81. The summed E-state index contributed by atoms with van der Waals surface area (Å²) in [5, 5.41) is 10.4. The van der Waals surface area contributed by atoms with Crippen LogP contribution in [-0.2, 0) is 29.0 Å². The van der Waals surface area contributed by atoms with Gasteiger partial charge in [-0.3, -0.25) is 9.59 Å². The molecule has 1 aliphatic carbocycles. The van der Waals surface area contributed by atoms with E-state index >= 15 is 0 Å². The number of hydrogen-bond donors (Lipinski definition) is 1. The summed E-state index contributed by atoms with van der Waals surface area (Å²) < 4.78 is 1.91. The third-order valence-corrected chi connectivity index (χ3v) is 5.81. The maximum atomic E-state index is 13.5. The standard InChI is InChI=1S/C24H26N2O3/c1-16(2)26(18-8-4-3-5-9-18)24(29)17-12-13-22-20(14-17)19-10-6-7-11-21(19)25(22)15-23(27)28/h3-11,16-17H,12-15H2,1-2H3,(H,27,28). The summed E-state index contributed by atoms with van der Waals surface area (Å²) in [4.78, 5) is 26.8. The molecule has 0 radical (unpaired) electrons. The lowest BCUT2D eigenvalue weighted by atomic mass is 9.85. The zero-order valence-electron chi connectivity index (χ0n) is 16.8. The molecule has 0 spiro atoms. The van der Waals surface area contributed by atoms with Gasteiger partial charge in [0.25, 0.3) is 0 Å². The number of carbonyl (C=O) groups excluding carboxylic acids is 1. The monoisotopic (exact) mass is 390 g/mol. The largest absolute Gasteiger partial charge is 0.480 e. The molecule has 150 valence electrons. The van der Waals surface area contributed by atoms with Gasteiger partial charge in [-0.15, -0.1) is 0 Å². The lowest BCUT2D eigenvalue weighted by molar-refractivity contribution is -0.137. The zero-order valence-corrected chi connectivity index (χ0v) is 16.8. The van der Waals surface area contributed by atoms with E-state index in [2.05, 4.69) is 0 Å². The second kappa shape index (κ2) is 7.74. The summed E-state index contributed by atoms with van der Waals surface area (Å²) in [6.45, 7) is 4.03. The summed E-state index contributed by atoms with van der Waals surface area (Å²) in [6.07, 6.45) is 2.10. The number of aromatic nitrogens is 1. The molecular weight excluding hydrogens is 364 g/mol. The Morgan fingerprint density at radius 1 is 1.10 bits per heavy atom. The van der Waals surface area contributed by atoms with Crippen molar-refractivity contribution in [1.82, 2.24) is 4.57 Å². The highest BCUT2D eigenvalue weighted by Gasteiger charge is 2.33. The molecule has 1 N–H and O–H groups in total. The van der Waals surface area contributed by atoms with E-state index in [-0.39, 0.29) is 24.4 Å². The number of anilines is 1. The molecule has 0 saturated carbocycles. The Kier molecular flexibility index (Phi) is 5.14. The average molecular weight is 390 g/mol. The SMILES string of the molecule is CC(C)N(C(=O)C1CCc2c(c3ccccc3n2CC(=O)O)C1)c1ccccc1. The highest BCUT2D eigenvalue weighted by molar-refractivity contribution is 5.97. The molecule has 0 aliphatic heterocycles. The Balaban J connectivity index is 1.70. The molecule has 0 saturated heterocycles. The minimum Gasteiger partial charge on any atom is -0.480 e. The predicted octanol–water partition coefficient (Wildman–Crippen LogP) is 4.27. The van der Waals surface area contributed by atoms with Crippen molar-refractivity contribution in [2.45, 2.75) is 45.7 Å². The van der Waals surface area contributed by atoms with Crippen LogP contribution in [0.1, 0.15) is 31.5 Å². The van der Waals surface area contributed by atoms with Gasteiger partial charge in [0.15, 0.2) is 0 Å². The number of aliphatic carboxylic acids is 1. The smallest absolute Gasteiger partial charge is 0.323 e. The fraction of sp³-hybridized carbons (Fsp3) is 0.333. The topological polar surface area (TPSA) is 62.5 Å². The number of benzene rings is 2. The van der Waals surface area contributed by atoms with E-state index in [0.29, 0.717) is 12.8 Å². The minimum atomic E-state index is -0.846. The van der Waals surface area contributed by atoms with Crippen LogP contribution in [0.25, 0.3) is 10.9 Å². The predicted molar refractivity (Wildman–Crippen MR) is 114 cm³/mol. The van der Waals surface area contributed by atoms with E-state index in [1.807, 2.05) is 77.9 Å². The normalized spacial score (nSPS) is 16.0. The van der Waals surface area contributed by atoms with Crippen molar-refractivity contribution < 1.29 is 14.7 Å². The summed E-state index contributed by atoms with van der Waals surface area (Å²) in [7, 11) is 0. The molecule has 0 bridgehead atoms. The van der Waals surface area contributed by atoms with Crippen LogP contribution in [0, 0.1) is 5.92 Å². The highest BCUT2D eigenvalue weighted by atomic mass is 16.4. The third kappa shape index (κ3) is 3.53. The summed E-state index contributed by atoms with van der Waals surface area (Å²) >= 11 is 0. The van der Waals surface area contributed by atoms with Crippen LogP contribution >= 0.6 is 0 Å². The first-order chi connectivity index (χ1) is 14.0. The van der Waals surface area contributed by atoms with E-state index in [0.717, 1.165) is 34.3 Å². The van der Waals surface area contributed by atoms with Gasteiger partial charge >= 0.3 is 5.97 Å². The van der Waals surface area contributed by atoms with Crippen LogP contribution in [0.4, 0.5) is 5.69 Å². The van der Waals surface area contributed by atoms with Crippen molar-refractivity contribution >= 4 is 28.5 Å². The Bertz CT molecular complexity index is 1050. The van der Waals surface area contributed by atoms with Crippen molar-refractivity contribution in [1.29, 1.82) is 0 Å². The highest BCUT2D eigenvalue weighted by Crippen LogP contribution is 2.36. The molecule has 2 aromatic carbocycles. The van der Waals surface area contributed by atoms with Crippen LogP contribution in [0.3, 0.4) is 0 Å². The summed E-state index contributed by atoms with van der Waals surface area (Å²) in [6, 6.07) is 17.8. The second-order valence-electron chi connectivity index (χ2n) is 8.00. The number of carboxylic acid groups (broad SMARTS) is 1. The van der Waals surface area contributed by atoms with Gasteiger partial charge in [0.05, 0.1) is 0 Å². The molecule has 1 aliphatic rings. The molecular formula is C24H26N2O3. The molecule has 4 rings (SSSR count). The molecule has 1 atom stereocenters. The fourth-order valence-corrected chi connectivity index (χ4v) is 4.59. The van der Waals surface area contributed by atoms with Crippen LogP contribution < -0.4 is 4.90 Å². The Hall–Kier alpha value is -3.08. The molecule has 0 fully saturated rings. The van der Waals surface area contributed by atoms with Gasteiger partial charge in [-0.2, -0.15) is 0 Å². The van der Waals surface area contributed by atoms with Crippen LogP contribution in [0.2, 0.25) is 0 Å². The van der Waals surface area contributed by atoms with Crippen LogP contribution in [0.15, 0.2) is 54.6 Å². The van der Waals surface area contributed by atoms with Crippen LogP contribution in [-0.4, -0.2) is 27.6 Å². The lowest BCUT2D eigenvalue weighted by Gasteiger charge is -2.32. The number of fused-ring (bicyclic) bond motifs is 3. The molecule has 1 aromatic heterocycles. The second-order valence-corrected chi connectivity index (χ2v) is 8.00. The maximum absolute atomic E-state index is 13.5. The zero-order chi connectivity index (χ0) is 20.5. The number of carboxylic acids is 1. The first kappa shape index (κ1) is 19.2. The van der Waals surface area contributed by atoms with Gasteiger partial charge in [0.1, 0.15) is 6.54 Å². The molecule has 1 unspecified atom stereocenters. The molecule has 5 heteroatoms. The average Bonchev–Trinajstić information content (AvgIpc) is 3.01. The first-order valence-corrected chi connectivity index (χ1v) is 10.2. The van der Waals surface area contributed by atoms with Gasteiger partial charge in [0, 0.05) is 34.2 Å². The Morgan fingerprint density at radius 3 is 2.48 bits per heavy atom. The van der Waals surface area contributed by atoms with Gasteiger partial charge in [-0.1, -0.05) is 36.4 Å². The lowest BCUT2D eigenvalue weighted by Crippen LogP contribution is -2.42. The summed E-state index contributed by atoms with van der Waals surface area (Å²) in [5.41, 5.74) is 4.06. The number of carbonyl (C=O) groups is 2. The number of hydrogen-bond acceptors (Lipinski definition) is 2. The van der Waals surface area contributed by atoms with Crippen molar-refractivity contribution in [3.63, 3.8) is 0 Å². The first-order valence-electron chi connectivity index (χ1n) is 10.2. The van der Waals surface area contributed by atoms with Crippen molar-refractivity contribution in [2.75, 3.05) is 4.90 Å². The van der Waals surface area contributed by atoms with E-state index in [1.54, 1.807) is 0 Å². The number of rotatable bonds is 5. The minimum absolute atomic E-state index is 0.0450. The number of para-hydroxylation sites is 2. The van der Waals surface area contributed by atoms with Crippen molar-refractivity contribution in [3.8, 4) is 0 Å². The van der Waals surface area contributed by atoms with Gasteiger partial charge in [0.2, 0.25) is 5.91 Å². The molecule has 1 heterocycles. The molecule has 3 aromatic rings. The van der Waals surface area contributed by atoms with E-state index in [1.165, 1.54) is 0 Å². The maximum Gasteiger partial charge on any atom is 0.323 e. The van der Waals surface area contributed by atoms with Crippen LogP contribution in [0.5, 0.6) is 0 Å². The Morgan fingerprint density at radius 2 is 1.79 bits per heavy atom. The molecule has 29 heavy (non-hydrogen) atoms. The molecule has 5 nitrogen and oxygen atoms in total. The van der Waals surface area contributed by atoms with Gasteiger partial charge < -0.3 is 14.6 Å². The van der Waals surface area contributed by atoms with Crippen molar-refractivity contribution in [2.24, 2.45) is 5.92 Å². The van der Waals surface area contributed by atoms with E-state index in [9.17, 15) is 14.7 Å². The fourth-order valence-electron chi connectivity index (χ4n) is 4.59. The Labute approximate surface area is 170 Å².